The van der Waals surface area contributed by atoms with E-state index >= 15 is 0 Å². The highest BCUT2D eigenvalue weighted by atomic mass is 16.4. The number of carbonyl (C=O) groups excluding carboxylic acids is 1. The molecule has 0 atom stereocenters. The molecule has 2 N–H and O–H groups in total. The molecule has 4 rings (SSSR count). The highest BCUT2D eigenvalue weighted by Gasteiger charge is 2.38. The monoisotopic (exact) mass is 494 g/mol. The van der Waals surface area contributed by atoms with Crippen molar-refractivity contribution >= 4 is 23.5 Å². The third-order valence-electron chi connectivity index (χ3n) is 7.18. The standard InChI is InChI=1S/C27H38N6O3/c1-16(2)23-24(28-10-9-19-7-8-19)29-14-20(31-23)25(34)33-12-11-32(15-27(33,5)6)21-13-17(3)22(26(35)36)18(4)30-21/h13-14,16,19H,7-12,15H2,1-6H3,(H,28,29)(H,35,36). The number of carbonyl (C=O) groups is 2. The maximum atomic E-state index is 13.6. The lowest BCUT2D eigenvalue weighted by atomic mass is 9.97. The molecule has 2 aliphatic rings. The lowest BCUT2D eigenvalue weighted by molar-refractivity contribution is 0.0506. The van der Waals surface area contributed by atoms with E-state index in [0.717, 1.165) is 36.2 Å². The van der Waals surface area contributed by atoms with Crippen molar-refractivity contribution in [3.05, 3.63) is 40.5 Å². The molecule has 2 aromatic heterocycles. The molecular formula is C27H38N6O3. The molecule has 1 aliphatic heterocycles. The van der Waals surface area contributed by atoms with Gasteiger partial charge in [0.1, 0.15) is 17.3 Å². The van der Waals surface area contributed by atoms with Gasteiger partial charge in [-0.25, -0.2) is 19.7 Å². The van der Waals surface area contributed by atoms with Gasteiger partial charge in [0.05, 0.1) is 28.7 Å². The lowest BCUT2D eigenvalue weighted by Gasteiger charge is -2.47. The fourth-order valence-electron chi connectivity index (χ4n) is 5.01. The quantitative estimate of drug-likeness (QED) is 0.560. The number of aromatic carboxylic acids is 1. The topological polar surface area (TPSA) is 112 Å². The van der Waals surface area contributed by atoms with Crippen LogP contribution in [-0.4, -0.2) is 68.6 Å². The van der Waals surface area contributed by atoms with Crippen molar-refractivity contribution in [1.82, 2.24) is 19.9 Å². The summed E-state index contributed by atoms with van der Waals surface area (Å²) in [5, 5.41) is 12.9. The van der Waals surface area contributed by atoms with Crippen molar-refractivity contribution in [3.8, 4) is 0 Å². The molecule has 0 radical (unpaired) electrons. The number of hydrogen-bond acceptors (Lipinski definition) is 7. The van der Waals surface area contributed by atoms with Gasteiger partial charge >= 0.3 is 5.97 Å². The Kier molecular flexibility index (Phi) is 7.20. The number of anilines is 2. The largest absolute Gasteiger partial charge is 0.478 e. The molecule has 1 saturated heterocycles. The number of aryl methyl sites for hydroxylation is 2. The average molecular weight is 495 g/mol. The molecule has 1 aliphatic carbocycles. The smallest absolute Gasteiger partial charge is 0.337 e. The number of carboxylic acids is 1. The molecule has 3 heterocycles. The lowest BCUT2D eigenvalue weighted by Crippen LogP contribution is -2.61. The number of nitrogens with one attached hydrogen (secondary N) is 1. The minimum Gasteiger partial charge on any atom is -0.478 e. The zero-order valence-corrected chi connectivity index (χ0v) is 22.3. The van der Waals surface area contributed by atoms with Crippen LogP contribution in [0.2, 0.25) is 0 Å². The van der Waals surface area contributed by atoms with Crippen molar-refractivity contribution in [2.24, 2.45) is 5.92 Å². The van der Waals surface area contributed by atoms with E-state index in [1.807, 2.05) is 24.8 Å². The number of pyridine rings is 1. The van der Waals surface area contributed by atoms with Gasteiger partial charge in [-0.15, -0.1) is 0 Å². The summed E-state index contributed by atoms with van der Waals surface area (Å²) in [6, 6.07) is 1.82. The van der Waals surface area contributed by atoms with Crippen molar-refractivity contribution in [1.29, 1.82) is 0 Å². The van der Waals surface area contributed by atoms with Crippen LogP contribution in [-0.2, 0) is 0 Å². The second-order valence-electron chi connectivity index (χ2n) is 11.1. The Balaban J connectivity index is 1.50. The number of carboxylic acid groups (broad SMARTS) is 1. The van der Waals surface area contributed by atoms with E-state index in [4.69, 9.17) is 4.98 Å². The SMILES string of the molecule is Cc1cc(N2CCN(C(=O)c3cnc(NCCC4CC4)c(C(C)C)n3)C(C)(C)C2)nc(C)c1C(=O)O. The summed E-state index contributed by atoms with van der Waals surface area (Å²) >= 11 is 0. The third-order valence-corrected chi connectivity index (χ3v) is 7.18. The summed E-state index contributed by atoms with van der Waals surface area (Å²) in [5.41, 5.74) is 2.13. The number of hydrogen-bond donors (Lipinski definition) is 2. The fourth-order valence-corrected chi connectivity index (χ4v) is 5.01. The van der Waals surface area contributed by atoms with E-state index in [0.29, 0.717) is 36.6 Å². The van der Waals surface area contributed by atoms with Gasteiger partial charge in [-0.2, -0.15) is 0 Å². The Labute approximate surface area is 213 Å². The highest BCUT2D eigenvalue weighted by molar-refractivity contribution is 5.93. The van der Waals surface area contributed by atoms with E-state index in [2.05, 4.69) is 34.0 Å². The fraction of sp³-hybridized carbons (Fsp3) is 0.593. The van der Waals surface area contributed by atoms with Crippen molar-refractivity contribution in [2.75, 3.05) is 36.4 Å². The maximum absolute atomic E-state index is 13.6. The number of nitrogens with zero attached hydrogens (tertiary/aromatic N) is 5. The molecule has 0 aromatic carbocycles. The van der Waals surface area contributed by atoms with Crippen LogP contribution >= 0.6 is 0 Å². The van der Waals surface area contributed by atoms with E-state index in [9.17, 15) is 14.7 Å². The molecule has 194 valence electrons. The first-order valence-corrected chi connectivity index (χ1v) is 12.9. The summed E-state index contributed by atoms with van der Waals surface area (Å²) in [6.45, 7) is 14.3. The maximum Gasteiger partial charge on any atom is 0.337 e. The van der Waals surface area contributed by atoms with Gasteiger partial charge in [0.15, 0.2) is 0 Å². The first-order valence-electron chi connectivity index (χ1n) is 12.9. The Morgan fingerprint density at radius 2 is 1.92 bits per heavy atom. The first kappa shape index (κ1) is 25.9. The molecule has 9 nitrogen and oxygen atoms in total. The van der Waals surface area contributed by atoms with Crippen LogP contribution in [0, 0.1) is 19.8 Å². The minimum atomic E-state index is -0.967. The Morgan fingerprint density at radius 3 is 2.50 bits per heavy atom. The zero-order valence-electron chi connectivity index (χ0n) is 22.3. The van der Waals surface area contributed by atoms with Gasteiger partial charge in [-0.1, -0.05) is 26.7 Å². The van der Waals surface area contributed by atoms with E-state index in [1.165, 1.54) is 12.8 Å². The highest BCUT2D eigenvalue weighted by Crippen LogP contribution is 2.32. The molecule has 0 spiro atoms. The number of rotatable bonds is 8. The summed E-state index contributed by atoms with van der Waals surface area (Å²) in [7, 11) is 0. The van der Waals surface area contributed by atoms with Gasteiger partial charge in [0.2, 0.25) is 0 Å². The molecule has 36 heavy (non-hydrogen) atoms. The Morgan fingerprint density at radius 1 is 1.19 bits per heavy atom. The average Bonchev–Trinajstić information content (AvgIpc) is 3.61. The van der Waals surface area contributed by atoms with Crippen LogP contribution in [0.15, 0.2) is 12.3 Å². The van der Waals surface area contributed by atoms with Crippen molar-refractivity contribution in [2.45, 2.75) is 72.3 Å². The van der Waals surface area contributed by atoms with Gasteiger partial charge in [0.25, 0.3) is 5.91 Å². The van der Waals surface area contributed by atoms with Gasteiger partial charge < -0.3 is 20.2 Å². The molecule has 1 amide bonds. The van der Waals surface area contributed by atoms with Crippen LogP contribution in [0.5, 0.6) is 0 Å². The van der Waals surface area contributed by atoms with Crippen molar-refractivity contribution in [3.63, 3.8) is 0 Å². The summed E-state index contributed by atoms with van der Waals surface area (Å²) < 4.78 is 0. The molecule has 1 saturated carbocycles. The number of piperazine rings is 1. The van der Waals surface area contributed by atoms with Crippen LogP contribution in [0.4, 0.5) is 11.6 Å². The Bertz CT molecular complexity index is 1140. The first-order chi connectivity index (χ1) is 17.0. The van der Waals surface area contributed by atoms with Gasteiger partial charge in [0, 0.05) is 26.2 Å². The predicted octanol–water partition coefficient (Wildman–Crippen LogP) is 4.26. The van der Waals surface area contributed by atoms with E-state index in [-0.39, 0.29) is 17.4 Å². The molecule has 0 unspecified atom stereocenters. The van der Waals surface area contributed by atoms with Crippen molar-refractivity contribution < 1.29 is 14.7 Å². The van der Waals surface area contributed by atoms with Gasteiger partial charge in [-0.05, 0) is 57.6 Å². The number of amides is 1. The van der Waals surface area contributed by atoms with Crippen LogP contribution in [0.1, 0.15) is 90.7 Å². The van der Waals surface area contributed by atoms with E-state index in [1.54, 1.807) is 20.0 Å². The second-order valence-corrected chi connectivity index (χ2v) is 11.1. The summed E-state index contributed by atoms with van der Waals surface area (Å²) in [5.74, 6) is 1.40. The van der Waals surface area contributed by atoms with Gasteiger partial charge in [-0.3, -0.25) is 4.79 Å². The zero-order chi connectivity index (χ0) is 26.2. The summed E-state index contributed by atoms with van der Waals surface area (Å²) in [6.07, 6.45) is 5.38. The minimum absolute atomic E-state index is 0.125. The summed E-state index contributed by atoms with van der Waals surface area (Å²) in [4.78, 5) is 43.0. The predicted molar refractivity (Wildman–Crippen MR) is 140 cm³/mol. The second kappa shape index (κ2) is 10.0. The molecule has 2 aromatic rings. The normalized spacial score (nSPS) is 17.4. The molecule has 9 heteroatoms. The van der Waals surface area contributed by atoms with E-state index < -0.39 is 11.5 Å². The Hall–Kier alpha value is -3.23. The van der Waals surface area contributed by atoms with Crippen LogP contribution in [0.25, 0.3) is 0 Å². The molecule has 0 bridgehead atoms. The number of aromatic nitrogens is 3. The third kappa shape index (κ3) is 5.44. The van der Waals surface area contributed by atoms with Crippen LogP contribution in [0.3, 0.4) is 0 Å². The molecular weight excluding hydrogens is 456 g/mol. The molecule has 2 fully saturated rings. The van der Waals surface area contributed by atoms with Crippen LogP contribution < -0.4 is 10.2 Å².